The third-order valence-corrected chi connectivity index (χ3v) is 4.77. The fourth-order valence-electron chi connectivity index (χ4n) is 3.47. The second-order valence-electron chi connectivity index (χ2n) is 6.53. The van der Waals surface area contributed by atoms with Gasteiger partial charge in [-0.25, -0.2) is 0 Å². The Hall–Kier alpha value is -3.33. The van der Waals surface area contributed by atoms with Gasteiger partial charge in [-0.15, -0.1) is 0 Å². The average Bonchev–Trinajstić information content (AvgIpc) is 3.24. The zero-order valence-corrected chi connectivity index (χ0v) is 14.4. The minimum atomic E-state index is -5.02. The molecule has 0 aliphatic heterocycles. The van der Waals surface area contributed by atoms with Crippen LogP contribution in [-0.4, -0.2) is 32.0 Å². The van der Waals surface area contributed by atoms with Crippen LogP contribution in [0.15, 0.2) is 54.9 Å². The summed E-state index contributed by atoms with van der Waals surface area (Å²) in [6.07, 6.45) is -2.51. The van der Waals surface area contributed by atoms with Gasteiger partial charge in [-0.05, 0) is 23.8 Å². The number of fused-ring (bicyclic) bond motifs is 2. The molecule has 0 aliphatic carbocycles. The molecule has 1 amide bonds. The summed E-state index contributed by atoms with van der Waals surface area (Å²) < 4.78 is 44.0. The molecule has 0 aliphatic rings. The number of amides is 1. The quantitative estimate of drug-likeness (QED) is 0.502. The number of hydrogen-bond donors (Lipinski definition) is 3. The number of alkyl halides is 3. The second-order valence-corrected chi connectivity index (χ2v) is 6.53. The minimum absolute atomic E-state index is 0.177. The molecule has 0 saturated heterocycles. The van der Waals surface area contributed by atoms with E-state index in [9.17, 15) is 23.1 Å². The molecule has 0 bridgehead atoms. The number of carbonyl (C=O) groups is 1. The van der Waals surface area contributed by atoms with Crippen LogP contribution in [0.2, 0.25) is 0 Å². The van der Waals surface area contributed by atoms with E-state index in [1.807, 2.05) is 0 Å². The van der Waals surface area contributed by atoms with Crippen molar-refractivity contribution in [2.75, 3.05) is 0 Å². The standard InChI is InChI=1S/C19H15F3N4O2/c20-19(21,22)18(28,12-5-6-15-11(7-12)8-24-25-15)14-9-26(10-17(23)27)16-4-2-1-3-13(14)16/h1-9,28H,10H2,(H2,23,27)(H,24,25). The summed E-state index contributed by atoms with van der Waals surface area (Å²) in [6, 6.07) is 10.1. The maximum atomic E-state index is 14.2. The van der Waals surface area contributed by atoms with Gasteiger partial charge >= 0.3 is 6.18 Å². The number of aliphatic hydroxyl groups is 1. The first-order valence-electron chi connectivity index (χ1n) is 8.31. The lowest BCUT2D eigenvalue weighted by Gasteiger charge is -2.31. The van der Waals surface area contributed by atoms with E-state index in [1.54, 1.807) is 18.2 Å². The highest BCUT2D eigenvalue weighted by Crippen LogP contribution is 2.47. The van der Waals surface area contributed by atoms with Crippen molar-refractivity contribution in [1.29, 1.82) is 0 Å². The van der Waals surface area contributed by atoms with Gasteiger partial charge in [-0.2, -0.15) is 18.3 Å². The predicted octanol–water partition coefficient (Wildman–Crippen LogP) is 2.80. The van der Waals surface area contributed by atoms with Crippen LogP contribution in [0.1, 0.15) is 11.1 Å². The fraction of sp³-hybridized carbons (Fsp3) is 0.158. The summed E-state index contributed by atoms with van der Waals surface area (Å²) in [5.74, 6) is -0.706. The van der Waals surface area contributed by atoms with Crippen LogP contribution in [0.25, 0.3) is 21.8 Å². The first kappa shape index (κ1) is 18.1. The Morgan fingerprint density at radius 1 is 1.21 bits per heavy atom. The number of aromatic amines is 1. The molecular weight excluding hydrogens is 373 g/mol. The van der Waals surface area contributed by atoms with Gasteiger partial charge in [0.15, 0.2) is 0 Å². The average molecular weight is 388 g/mol. The third-order valence-electron chi connectivity index (χ3n) is 4.77. The number of H-pyrrole nitrogens is 1. The summed E-state index contributed by atoms with van der Waals surface area (Å²) in [7, 11) is 0. The first-order valence-corrected chi connectivity index (χ1v) is 8.31. The van der Waals surface area contributed by atoms with Crippen molar-refractivity contribution in [2.45, 2.75) is 18.3 Å². The predicted molar refractivity (Wildman–Crippen MR) is 96.3 cm³/mol. The number of nitrogens with two attached hydrogens (primary N) is 1. The highest BCUT2D eigenvalue weighted by Gasteiger charge is 2.57. The molecule has 2 aromatic carbocycles. The van der Waals surface area contributed by atoms with Gasteiger partial charge in [-0.3, -0.25) is 9.89 Å². The van der Waals surface area contributed by atoms with Gasteiger partial charge in [-0.1, -0.05) is 24.3 Å². The fourth-order valence-corrected chi connectivity index (χ4v) is 3.47. The zero-order valence-electron chi connectivity index (χ0n) is 14.4. The highest BCUT2D eigenvalue weighted by molar-refractivity contribution is 5.88. The lowest BCUT2D eigenvalue weighted by atomic mass is 9.85. The van der Waals surface area contributed by atoms with Gasteiger partial charge in [0.2, 0.25) is 11.5 Å². The van der Waals surface area contributed by atoms with E-state index < -0.39 is 17.7 Å². The van der Waals surface area contributed by atoms with Crippen LogP contribution in [0.3, 0.4) is 0 Å². The summed E-state index contributed by atoms with van der Waals surface area (Å²) in [5.41, 5.74) is 2.12. The topological polar surface area (TPSA) is 96.9 Å². The van der Waals surface area contributed by atoms with Crippen LogP contribution >= 0.6 is 0 Å². The van der Waals surface area contributed by atoms with Crippen LogP contribution in [0.5, 0.6) is 0 Å². The molecular formula is C19H15F3N4O2. The van der Waals surface area contributed by atoms with Crippen molar-refractivity contribution >= 4 is 27.7 Å². The smallest absolute Gasteiger partial charge is 0.372 e. The second kappa shape index (κ2) is 6.10. The molecule has 2 aromatic heterocycles. The molecule has 0 radical (unpaired) electrons. The molecule has 9 heteroatoms. The van der Waals surface area contributed by atoms with Crippen molar-refractivity contribution < 1.29 is 23.1 Å². The molecule has 144 valence electrons. The molecule has 0 fully saturated rings. The zero-order chi connectivity index (χ0) is 20.1. The van der Waals surface area contributed by atoms with Gasteiger partial charge in [0, 0.05) is 28.0 Å². The number of benzene rings is 2. The van der Waals surface area contributed by atoms with E-state index in [1.165, 1.54) is 35.0 Å². The highest BCUT2D eigenvalue weighted by atomic mass is 19.4. The van der Waals surface area contributed by atoms with E-state index in [4.69, 9.17) is 5.73 Å². The lowest BCUT2D eigenvalue weighted by molar-refractivity contribution is -0.247. The Kier molecular flexibility index (Phi) is 3.93. The Balaban J connectivity index is 2.02. The van der Waals surface area contributed by atoms with E-state index in [0.717, 1.165) is 6.20 Å². The minimum Gasteiger partial charge on any atom is -0.372 e. The molecule has 1 atom stereocenters. The number of para-hydroxylation sites is 1. The number of primary amides is 1. The first-order chi connectivity index (χ1) is 13.2. The van der Waals surface area contributed by atoms with Crippen LogP contribution in [-0.2, 0) is 16.9 Å². The molecule has 0 spiro atoms. The molecule has 2 heterocycles. The van der Waals surface area contributed by atoms with Crippen molar-refractivity contribution in [3.63, 3.8) is 0 Å². The van der Waals surface area contributed by atoms with Crippen LogP contribution < -0.4 is 5.73 Å². The van der Waals surface area contributed by atoms with E-state index in [0.29, 0.717) is 16.4 Å². The summed E-state index contributed by atoms with van der Waals surface area (Å²) in [4.78, 5) is 11.4. The number of carbonyl (C=O) groups excluding carboxylic acids is 1. The summed E-state index contributed by atoms with van der Waals surface area (Å²) in [5, 5.41) is 18.1. The lowest BCUT2D eigenvalue weighted by Crippen LogP contribution is -2.43. The van der Waals surface area contributed by atoms with Crippen molar-refractivity contribution in [3.05, 3.63) is 66.0 Å². The molecule has 0 saturated carbocycles. The molecule has 4 rings (SSSR count). The third kappa shape index (κ3) is 2.63. The van der Waals surface area contributed by atoms with E-state index in [2.05, 4.69) is 10.2 Å². The number of hydrogen-bond acceptors (Lipinski definition) is 3. The van der Waals surface area contributed by atoms with Crippen molar-refractivity contribution in [2.24, 2.45) is 5.73 Å². The van der Waals surface area contributed by atoms with Gasteiger partial charge in [0.05, 0.1) is 11.7 Å². The van der Waals surface area contributed by atoms with Crippen LogP contribution in [0, 0.1) is 0 Å². The molecule has 4 aromatic rings. The number of nitrogens with zero attached hydrogens (tertiary/aromatic N) is 2. The molecule has 4 N–H and O–H groups in total. The number of nitrogens with one attached hydrogen (secondary N) is 1. The number of aromatic nitrogens is 3. The normalized spacial score (nSPS) is 14.4. The summed E-state index contributed by atoms with van der Waals surface area (Å²) >= 11 is 0. The Morgan fingerprint density at radius 3 is 2.68 bits per heavy atom. The molecule has 6 nitrogen and oxygen atoms in total. The van der Waals surface area contributed by atoms with Gasteiger partial charge < -0.3 is 15.4 Å². The largest absolute Gasteiger partial charge is 0.425 e. The van der Waals surface area contributed by atoms with Crippen molar-refractivity contribution in [1.82, 2.24) is 14.8 Å². The molecule has 28 heavy (non-hydrogen) atoms. The monoisotopic (exact) mass is 388 g/mol. The van der Waals surface area contributed by atoms with Crippen molar-refractivity contribution in [3.8, 4) is 0 Å². The van der Waals surface area contributed by atoms with Crippen LogP contribution in [0.4, 0.5) is 13.2 Å². The maximum absolute atomic E-state index is 14.2. The maximum Gasteiger partial charge on any atom is 0.425 e. The summed E-state index contributed by atoms with van der Waals surface area (Å²) in [6.45, 7) is -0.310. The number of rotatable bonds is 4. The van der Waals surface area contributed by atoms with Gasteiger partial charge in [0.25, 0.3) is 0 Å². The Morgan fingerprint density at radius 2 is 1.96 bits per heavy atom. The Bertz CT molecular complexity index is 1190. The van der Waals surface area contributed by atoms with Gasteiger partial charge in [0.1, 0.15) is 6.54 Å². The number of halogens is 3. The van der Waals surface area contributed by atoms with E-state index in [-0.39, 0.29) is 23.1 Å². The Labute approximate surface area is 156 Å². The van der Waals surface area contributed by atoms with E-state index >= 15 is 0 Å². The molecule has 1 unspecified atom stereocenters. The SMILES string of the molecule is NC(=O)Cn1cc(C(O)(c2ccc3[nH]ncc3c2)C(F)(F)F)c2ccccc21.